The van der Waals surface area contributed by atoms with Gasteiger partial charge in [0.1, 0.15) is 0 Å². The highest BCUT2D eigenvalue weighted by Crippen LogP contribution is 2.41. The average molecular weight is 800 g/mol. The van der Waals surface area contributed by atoms with Crippen molar-refractivity contribution >= 4 is 70.9 Å². The quantitative estimate of drug-likeness (QED) is 0.145. The van der Waals surface area contributed by atoms with Crippen LogP contribution in [0.2, 0.25) is 0 Å². The Bertz CT molecular complexity index is 3650. The van der Waals surface area contributed by atoms with Crippen molar-refractivity contribution in [3.05, 3.63) is 249 Å². The average Bonchev–Trinajstić information content (AvgIpc) is 3.36. The van der Waals surface area contributed by atoms with Gasteiger partial charge in [-0.05, 0) is 147 Å². The minimum atomic E-state index is 1.09. The van der Waals surface area contributed by atoms with Crippen molar-refractivity contribution in [1.82, 2.24) is 0 Å². The summed E-state index contributed by atoms with van der Waals surface area (Å²) in [7, 11) is 0. The molecule has 12 rings (SSSR count). The van der Waals surface area contributed by atoms with Crippen LogP contribution >= 0.6 is 0 Å². The van der Waals surface area contributed by atoms with Gasteiger partial charge in [-0.2, -0.15) is 0 Å². The molecular weight excluding hydrogens is 759 g/mol. The summed E-state index contributed by atoms with van der Waals surface area (Å²) in [5, 5.41) is 12.7. The van der Waals surface area contributed by atoms with E-state index in [9.17, 15) is 0 Å². The second kappa shape index (κ2) is 15.3. The maximum absolute atomic E-state index is 2.37. The molecule has 1 nitrogen and oxygen atoms in total. The lowest BCUT2D eigenvalue weighted by molar-refractivity contribution is 1.28. The molecule has 0 aliphatic rings. The van der Waals surface area contributed by atoms with Crippen molar-refractivity contribution in [2.24, 2.45) is 0 Å². The molecule has 0 aromatic heterocycles. The SMILES string of the molecule is c1cc(-c2ccc(N(c3ccc(-c4cccc5c4ccc4ccccc45)cc3)c3ccc(-c4cc5ccccc5c5ccccc45)cc3)cc2)cc(-c2cccc3ccccc23)c1. The zero-order valence-electron chi connectivity index (χ0n) is 34.6. The van der Waals surface area contributed by atoms with Crippen molar-refractivity contribution in [3.8, 4) is 44.5 Å². The van der Waals surface area contributed by atoms with E-state index in [2.05, 4.69) is 254 Å². The van der Waals surface area contributed by atoms with Crippen molar-refractivity contribution in [2.45, 2.75) is 0 Å². The summed E-state index contributed by atoms with van der Waals surface area (Å²) in [4.78, 5) is 2.37. The number of rotatable bonds is 7. The maximum Gasteiger partial charge on any atom is 0.0462 e. The summed E-state index contributed by atoms with van der Waals surface area (Å²) in [6.45, 7) is 0. The number of anilines is 3. The highest BCUT2D eigenvalue weighted by atomic mass is 15.1. The molecule has 0 aliphatic heterocycles. The lowest BCUT2D eigenvalue weighted by Crippen LogP contribution is -2.09. The van der Waals surface area contributed by atoms with Crippen LogP contribution in [-0.2, 0) is 0 Å². The van der Waals surface area contributed by atoms with Crippen LogP contribution in [0, 0.1) is 0 Å². The minimum Gasteiger partial charge on any atom is -0.311 e. The minimum absolute atomic E-state index is 1.09. The summed E-state index contributed by atoms with van der Waals surface area (Å²) in [5.74, 6) is 0. The molecular formula is C62H41N. The van der Waals surface area contributed by atoms with Crippen LogP contribution in [-0.4, -0.2) is 0 Å². The van der Waals surface area contributed by atoms with Crippen LogP contribution in [0.4, 0.5) is 17.1 Å². The number of hydrogen-bond acceptors (Lipinski definition) is 1. The number of hydrogen-bond donors (Lipinski definition) is 0. The molecule has 0 saturated heterocycles. The molecule has 1 heteroatoms. The van der Waals surface area contributed by atoms with Gasteiger partial charge in [-0.3, -0.25) is 0 Å². The van der Waals surface area contributed by atoms with E-state index in [4.69, 9.17) is 0 Å². The molecule has 0 spiro atoms. The van der Waals surface area contributed by atoms with E-state index in [0.717, 1.165) is 17.1 Å². The largest absolute Gasteiger partial charge is 0.311 e. The summed E-state index contributed by atoms with van der Waals surface area (Å²) in [6, 6.07) is 91.0. The fourth-order valence-electron chi connectivity index (χ4n) is 9.76. The van der Waals surface area contributed by atoms with Crippen LogP contribution < -0.4 is 4.90 Å². The Kier molecular flexibility index (Phi) is 8.90. The molecule has 0 radical (unpaired) electrons. The Morgan fingerprint density at radius 1 is 0.190 bits per heavy atom. The van der Waals surface area contributed by atoms with E-state index in [-0.39, 0.29) is 0 Å². The summed E-state index contributed by atoms with van der Waals surface area (Å²) in [6.07, 6.45) is 0. The summed E-state index contributed by atoms with van der Waals surface area (Å²) in [5.41, 5.74) is 13.0. The molecule has 12 aromatic rings. The first kappa shape index (κ1) is 36.6. The molecule has 63 heavy (non-hydrogen) atoms. The molecule has 0 atom stereocenters. The molecule has 0 saturated carbocycles. The number of fused-ring (bicyclic) bond motifs is 7. The zero-order valence-corrected chi connectivity index (χ0v) is 34.6. The third kappa shape index (κ3) is 6.50. The molecule has 0 unspecified atom stereocenters. The lowest BCUT2D eigenvalue weighted by atomic mass is 9.93. The van der Waals surface area contributed by atoms with Crippen molar-refractivity contribution in [1.29, 1.82) is 0 Å². The number of nitrogens with zero attached hydrogens (tertiary/aromatic N) is 1. The van der Waals surface area contributed by atoms with Crippen LogP contribution in [0.1, 0.15) is 0 Å². The summed E-state index contributed by atoms with van der Waals surface area (Å²) < 4.78 is 0. The molecule has 0 fully saturated rings. The molecule has 12 aromatic carbocycles. The molecule has 0 amide bonds. The van der Waals surface area contributed by atoms with E-state index < -0.39 is 0 Å². The topological polar surface area (TPSA) is 3.24 Å². The Balaban J connectivity index is 0.941. The third-order valence-electron chi connectivity index (χ3n) is 12.8. The monoisotopic (exact) mass is 799 g/mol. The van der Waals surface area contributed by atoms with E-state index >= 15 is 0 Å². The molecule has 0 aliphatic carbocycles. The van der Waals surface area contributed by atoms with Gasteiger partial charge in [0.2, 0.25) is 0 Å². The smallest absolute Gasteiger partial charge is 0.0462 e. The fraction of sp³-hybridized carbons (Fsp3) is 0. The van der Waals surface area contributed by atoms with Crippen LogP contribution in [0.25, 0.3) is 98.4 Å². The van der Waals surface area contributed by atoms with Gasteiger partial charge in [-0.1, -0.05) is 200 Å². The van der Waals surface area contributed by atoms with Gasteiger partial charge < -0.3 is 4.90 Å². The highest BCUT2D eigenvalue weighted by molar-refractivity contribution is 6.14. The second-order valence-corrected chi connectivity index (χ2v) is 16.5. The Labute approximate surface area is 367 Å². The van der Waals surface area contributed by atoms with Crippen LogP contribution in [0.3, 0.4) is 0 Å². The van der Waals surface area contributed by atoms with Gasteiger partial charge in [0.05, 0.1) is 0 Å². The third-order valence-corrected chi connectivity index (χ3v) is 12.8. The van der Waals surface area contributed by atoms with E-state index in [1.165, 1.54) is 98.4 Å². The molecule has 0 N–H and O–H groups in total. The highest BCUT2D eigenvalue weighted by Gasteiger charge is 2.16. The van der Waals surface area contributed by atoms with E-state index in [0.29, 0.717) is 0 Å². The lowest BCUT2D eigenvalue weighted by Gasteiger charge is -2.26. The van der Waals surface area contributed by atoms with Crippen molar-refractivity contribution in [2.75, 3.05) is 4.90 Å². The standard InChI is InChI=1S/C62H41N/c1-4-18-53-43(12-1)15-10-23-56(53)48-17-9-16-47(40-48)42-26-33-50(34-27-42)63(51-35-28-45(29-36-51)55-24-11-25-59-54-19-5-2-13-44(54)32-39-61(55)59)52-37-30-46(31-38-52)62-41-49-14-3-6-20-57(49)58-21-7-8-22-60(58)62/h1-41H. The maximum atomic E-state index is 2.37. The summed E-state index contributed by atoms with van der Waals surface area (Å²) >= 11 is 0. The van der Waals surface area contributed by atoms with Crippen molar-refractivity contribution < 1.29 is 0 Å². The van der Waals surface area contributed by atoms with Crippen LogP contribution in [0.15, 0.2) is 249 Å². The predicted octanol–water partition coefficient (Wildman–Crippen LogP) is 17.6. The zero-order chi connectivity index (χ0) is 41.7. The Morgan fingerprint density at radius 2 is 0.603 bits per heavy atom. The number of benzene rings is 12. The van der Waals surface area contributed by atoms with E-state index in [1.807, 2.05) is 0 Å². The van der Waals surface area contributed by atoms with Gasteiger partial charge in [-0.15, -0.1) is 0 Å². The van der Waals surface area contributed by atoms with E-state index in [1.54, 1.807) is 0 Å². The Hall–Kier alpha value is -8.26. The first-order valence-electron chi connectivity index (χ1n) is 21.7. The van der Waals surface area contributed by atoms with Crippen LogP contribution in [0.5, 0.6) is 0 Å². The fourth-order valence-corrected chi connectivity index (χ4v) is 9.76. The Morgan fingerprint density at radius 3 is 1.27 bits per heavy atom. The molecule has 0 heterocycles. The van der Waals surface area contributed by atoms with Gasteiger partial charge in [0.25, 0.3) is 0 Å². The predicted molar refractivity (Wildman–Crippen MR) is 270 cm³/mol. The first-order chi connectivity index (χ1) is 31.2. The van der Waals surface area contributed by atoms with Gasteiger partial charge in [-0.25, -0.2) is 0 Å². The molecule has 294 valence electrons. The molecule has 0 bridgehead atoms. The van der Waals surface area contributed by atoms with Crippen molar-refractivity contribution in [3.63, 3.8) is 0 Å². The normalized spacial score (nSPS) is 11.5. The second-order valence-electron chi connectivity index (χ2n) is 16.5. The van der Waals surface area contributed by atoms with Gasteiger partial charge in [0, 0.05) is 17.1 Å². The van der Waals surface area contributed by atoms with Gasteiger partial charge in [0.15, 0.2) is 0 Å². The first-order valence-corrected chi connectivity index (χ1v) is 21.7. The van der Waals surface area contributed by atoms with Gasteiger partial charge >= 0.3 is 0 Å².